The van der Waals surface area contributed by atoms with E-state index in [9.17, 15) is 0 Å². The lowest BCUT2D eigenvalue weighted by molar-refractivity contribution is 0.376. The summed E-state index contributed by atoms with van der Waals surface area (Å²) in [5.74, 6) is 2.22. The topological polar surface area (TPSA) is 43.9 Å². The molecule has 0 saturated carbocycles. The van der Waals surface area contributed by atoms with E-state index in [1.807, 2.05) is 24.3 Å². The number of hydrogen-bond acceptors (Lipinski definition) is 3. The summed E-state index contributed by atoms with van der Waals surface area (Å²) in [5, 5.41) is 4.39. The SMILES string of the molecule is ClCCc1nc2cc(Cl)ccc2n1Cc1ccno1. The summed E-state index contributed by atoms with van der Waals surface area (Å²) in [5.41, 5.74) is 1.88. The number of rotatable bonds is 4. The Morgan fingerprint density at radius 1 is 1.26 bits per heavy atom. The van der Waals surface area contributed by atoms with Crippen molar-refractivity contribution < 1.29 is 4.52 Å². The Labute approximate surface area is 119 Å². The number of aryl methyl sites for hydroxylation is 1. The van der Waals surface area contributed by atoms with Gasteiger partial charge in [-0.2, -0.15) is 0 Å². The van der Waals surface area contributed by atoms with Gasteiger partial charge >= 0.3 is 0 Å². The van der Waals surface area contributed by atoms with E-state index in [0.717, 1.165) is 22.6 Å². The first-order valence-electron chi connectivity index (χ1n) is 5.88. The van der Waals surface area contributed by atoms with Gasteiger partial charge in [-0.15, -0.1) is 11.6 Å². The maximum Gasteiger partial charge on any atom is 0.156 e. The summed E-state index contributed by atoms with van der Waals surface area (Å²) < 4.78 is 7.23. The summed E-state index contributed by atoms with van der Waals surface area (Å²) in [4.78, 5) is 4.58. The van der Waals surface area contributed by atoms with Gasteiger partial charge in [0.05, 0.1) is 23.8 Å². The van der Waals surface area contributed by atoms with Crippen molar-refractivity contribution in [3.05, 3.63) is 47.1 Å². The van der Waals surface area contributed by atoms with E-state index < -0.39 is 0 Å². The zero-order chi connectivity index (χ0) is 13.2. The average molecular weight is 296 g/mol. The maximum atomic E-state index is 6.00. The first kappa shape index (κ1) is 12.5. The fourth-order valence-corrected chi connectivity index (χ4v) is 2.42. The second-order valence-electron chi connectivity index (χ2n) is 4.16. The van der Waals surface area contributed by atoms with Gasteiger partial charge in [-0.05, 0) is 18.2 Å². The van der Waals surface area contributed by atoms with Crippen LogP contribution in [0.1, 0.15) is 11.6 Å². The van der Waals surface area contributed by atoms with Crippen LogP contribution in [0.2, 0.25) is 5.02 Å². The van der Waals surface area contributed by atoms with Gasteiger partial charge in [0.25, 0.3) is 0 Å². The lowest BCUT2D eigenvalue weighted by Crippen LogP contribution is -2.05. The minimum absolute atomic E-state index is 0.521. The molecule has 0 spiro atoms. The molecule has 0 radical (unpaired) electrons. The molecule has 0 aliphatic rings. The Balaban J connectivity index is 2.10. The normalized spacial score (nSPS) is 11.3. The van der Waals surface area contributed by atoms with Crippen molar-refractivity contribution in [3.8, 4) is 0 Å². The van der Waals surface area contributed by atoms with Crippen molar-refractivity contribution in [1.29, 1.82) is 0 Å². The summed E-state index contributed by atoms with van der Waals surface area (Å²) >= 11 is 11.8. The Kier molecular flexibility index (Phi) is 3.44. The van der Waals surface area contributed by atoms with E-state index in [1.165, 1.54) is 0 Å². The van der Waals surface area contributed by atoms with E-state index in [-0.39, 0.29) is 0 Å². The molecule has 3 aromatic rings. The molecule has 6 heteroatoms. The fourth-order valence-electron chi connectivity index (χ4n) is 2.08. The number of alkyl halides is 1. The van der Waals surface area contributed by atoms with Crippen molar-refractivity contribution in [2.24, 2.45) is 0 Å². The second kappa shape index (κ2) is 5.23. The van der Waals surface area contributed by atoms with Gasteiger partial charge in [0.1, 0.15) is 5.82 Å². The molecule has 19 heavy (non-hydrogen) atoms. The molecule has 2 aromatic heterocycles. The van der Waals surface area contributed by atoms with Crippen LogP contribution >= 0.6 is 23.2 Å². The maximum absolute atomic E-state index is 6.00. The molecule has 3 rings (SSSR count). The standard InChI is InChI=1S/C13H11Cl2N3O/c14-5-3-13-17-11-7-9(15)1-2-12(11)18(13)8-10-4-6-16-19-10/h1-2,4,6-7H,3,5,8H2. The molecule has 0 aliphatic heterocycles. The minimum atomic E-state index is 0.521. The number of nitrogens with zero attached hydrogens (tertiary/aromatic N) is 3. The van der Waals surface area contributed by atoms with Crippen molar-refractivity contribution in [2.45, 2.75) is 13.0 Å². The van der Waals surface area contributed by atoms with Crippen LogP contribution < -0.4 is 0 Å². The summed E-state index contributed by atoms with van der Waals surface area (Å²) in [6, 6.07) is 7.50. The highest BCUT2D eigenvalue weighted by Gasteiger charge is 2.12. The second-order valence-corrected chi connectivity index (χ2v) is 4.98. The van der Waals surface area contributed by atoms with Gasteiger partial charge in [0.15, 0.2) is 5.76 Å². The average Bonchev–Trinajstić information content (AvgIpc) is 2.99. The quantitative estimate of drug-likeness (QED) is 0.692. The van der Waals surface area contributed by atoms with Gasteiger partial charge in [0, 0.05) is 23.4 Å². The third kappa shape index (κ3) is 2.46. The molecule has 0 N–H and O–H groups in total. The lowest BCUT2D eigenvalue weighted by atomic mass is 10.3. The molecule has 0 atom stereocenters. The number of fused-ring (bicyclic) bond motifs is 1. The molecular weight excluding hydrogens is 285 g/mol. The van der Waals surface area contributed by atoms with Gasteiger partial charge < -0.3 is 9.09 Å². The highest BCUT2D eigenvalue weighted by atomic mass is 35.5. The van der Waals surface area contributed by atoms with Crippen molar-refractivity contribution in [2.75, 3.05) is 5.88 Å². The van der Waals surface area contributed by atoms with Crippen LogP contribution in [0.15, 0.2) is 35.0 Å². The molecule has 2 heterocycles. The van der Waals surface area contributed by atoms with Crippen LogP contribution in [-0.2, 0) is 13.0 Å². The van der Waals surface area contributed by atoms with E-state index >= 15 is 0 Å². The Bertz CT molecular complexity index is 691. The molecule has 4 nitrogen and oxygen atoms in total. The number of hydrogen-bond donors (Lipinski definition) is 0. The molecule has 0 bridgehead atoms. The third-order valence-corrected chi connectivity index (χ3v) is 3.34. The van der Waals surface area contributed by atoms with E-state index in [2.05, 4.69) is 14.7 Å². The first-order chi connectivity index (χ1) is 9.28. The molecule has 0 fully saturated rings. The van der Waals surface area contributed by atoms with Gasteiger partial charge in [0.2, 0.25) is 0 Å². The van der Waals surface area contributed by atoms with Gasteiger partial charge in [-0.1, -0.05) is 16.8 Å². The molecule has 1 aromatic carbocycles. The zero-order valence-electron chi connectivity index (χ0n) is 10.0. The predicted molar refractivity (Wildman–Crippen MR) is 74.8 cm³/mol. The summed E-state index contributed by atoms with van der Waals surface area (Å²) in [6.45, 7) is 0.588. The van der Waals surface area contributed by atoms with E-state index in [0.29, 0.717) is 23.9 Å². The molecule has 98 valence electrons. The zero-order valence-corrected chi connectivity index (χ0v) is 11.5. The van der Waals surface area contributed by atoms with Crippen LogP contribution in [0, 0.1) is 0 Å². The van der Waals surface area contributed by atoms with Crippen molar-refractivity contribution in [1.82, 2.24) is 14.7 Å². The third-order valence-electron chi connectivity index (χ3n) is 2.91. The highest BCUT2D eigenvalue weighted by Crippen LogP contribution is 2.22. The van der Waals surface area contributed by atoms with Crippen LogP contribution in [0.5, 0.6) is 0 Å². The highest BCUT2D eigenvalue weighted by molar-refractivity contribution is 6.31. The number of imidazole rings is 1. The van der Waals surface area contributed by atoms with Crippen LogP contribution in [-0.4, -0.2) is 20.6 Å². The number of halogens is 2. The Morgan fingerprint density at radius 3 is 2.89 bits per heavy atom. The smallest absolute Gasteiger partial charge is 0.156 e. The lowest BCUT2D eigenvalue weighted by Gasteiger charge is -2.05. The van der Waals surface area contributed by atoms with E-state index in [1.54, 1.807) is 6.20 Å². The first-order valence-corrected chi connectivity index (χ1v) is 6.79. The molecular formula is C13H11Cl2N3O. The Hall–Kier alpha value is -1.52. The van der Waals surface area contributed by atoms with Crippen LogP contribution in [0.25, 0.3) is 11.0 Å². The Morgan fingerprint density at radius 2 is 2.16 bits per heavy atom. The molecule has 0 amide bonds. The molecule has 0 saturated heterocycles. The van der Waals surface area contributed by atoms with Crippen LogP contribution in [0.3, 0.4) is 0 Å². The van der Waals surface area contributed by atoms with Crippen molar-refractivity contribution in [3.63, 3.8) is 0 Å². The molecule has 0 unspecified atom stereocenters. The van der Waals surface area contributed by atoms with Crippen LogP contribution in [0.4, 0.5) is 0 Å². The van der Waals surface area contributed by atoms with Crippen molar-refractivity contribution >= 4 is 34.2 Å². The molecule has 0 aliphatic carbocycles. The predicted octanol–water partition coefficient (Wildman–Crippen LogP) is 3.51. The van der Waals surface area contributed by atoms with Gasteiger partial charge in [-0.3, -0.25) is 0 Å². The fraction of sp³-hybridized carbons (Fsp3) is 0.231. The number of benzene rings is 1. The number of aromatic nitrogens is 3. The summed E-state index contributed by atoms with van der Waals surface area (Å²) in [7, 11) is 0. The summed E-state index contributed by atoms with van der Waals surface area (Å²) in [6.07, 6.45) is 2.33. The van der Waals surface area contributed by atoms with Gasteiger partial charge in [-0.25, -0.2) is 4.98 Å². The minimum Gasteiger partial charge on any atom is -0.359 e. The van der Waals surface area contributed by atoms with E-state index in [4.69, 9.17) is 27.7 Å². The monoisotopic (exact) mass is 295 g/mol. The largest absolute Gasteiger partial charge is 0.359 e.